The van der Waals surface area contributed by atoms with Crippen molar-refractivity contribution in [1.82, 2.24) is 4.98 Å². The highest BCUT2D eigenvalue weighted by Gasteiger charge is 2.14. The van der Waals surface area contributed by atoms with Crippen LogP contribution in [0.15, 0.2) is 16.8 Å². The van der Waals surface area contributed by atoms with Gasteiger partial charge in [-0.25, -0.2) is 4.98 Å². The lowest BCUT2D eigenvalue weighted by molar-refractivity contribution is 0.850. The molecule has 0 aliphatic heterocycles. The van der Waals surface area contributed by atoms with Gasteiger partial charge in [-0.2, -0.15) is 0 Å². The maximum absolute atomic E-state index is 6.13. The highest BCUT2D eigenvalue weighted by atomic mass is 32.1. The molecule has 0 saturated carbocycles. The second-order valence-electron chi connectivity index (χ2n) is 3.24. The first-order valence-corrected chi connectivity index (χ1v) is 6.16. The fourth-order valence-corrected chi connectivity index (χ4v) is 2.93. The minimum absolute atomic E-state index is 0.0556. The molecule has 2 nitrogen and oxygen atoms in total. The van der Waals surface area contributed by atoms with Gasteiger partial charge >= 0.3 is 0 Å². The number of thiophene rings is 1. The molecule has 0 aliphatic rings. The van der Waals surface area contributed by atoms with Gasteiger partial charge in [0.05, 0.1) is 6.04 Å². The van der Waals surface area contributed by atoms with Crippen LogP contribution in [0.4, 0.5) is 0 Å². The minimum Gasteiger partial charge on any atom is -0.318 e. The van der Waals surface area contributed by atoms with E-state index in [1.54, 1.807) is 22.7 Å². The summed E-state index contributed by atoms with van der Waals surface area (Å²) in [6.07, 6.45) is 0. The van der Waals surface area contributed by atoms with Gasteiger partial charge in [-0.05, 0) is 30.9 Å². The van der Waals surface area contributed by atoms with Crippen LogP contribution in [0.1, 0.15) is 27.2 Å². The van der Waals surface area contributed by atoms with Crippen molar-refractivity contribution in [3.63, 3.8) is 0 Å². The molecule has 0 amide bonds. The molecule has 0 saturated heterocycles. The fourth-order valence-electron chi connectivity index (χ4n) is 1.37. The first-order chi connectivity index (χ1) is 6.68. The Morgan fingerprint density at radius 1 is 1.36 bits per heavy atom. The first kappa shape index (κ1) is 9.83. The van der Waals surface area contributed by atoms with Gasteiger partial charge in [-0.15, -0.1) is 22.7 Å². The lowest BCUT2D eigenvalue weighted by Crippen LogP contribution is -2.11. The number of thiazole rings is 1. The van der Waals surface area contributed by atoms with Crippen LogP contribution in [0.25, 0.3) is 0 Å². The van der Waals surface area contributed by atoms with Gasteiger partial charge in [-0.3, -0.25) is 0 Å². The Balaban J connectivity index is 2.33. The predicted molar refractivity (Wildman–Crippen MR) is 61.9 cm³/mol. The van der Waals surface area contributed by atoms with Crippen molar-refractivity contribution in [3.05, 3.63) is 38.0 Å². The lowest BCUT2D eigenvalue weighted by Gasteiger charge is -2.07. The Kier molecular flexibility index (Phi) is 2.67. The zero-order valence-electron chi connectivity index (χ0n) is 8.15. The number of rotatable bonds is 2. The molecule has 0 bridgehead atoms. The number of hydrogen-bond donors (Lipinski definition) is 1. The van der Waals surface area contributed by atoms with Gasteiger partial charge < -0.3 is 5.73 Å². The van der Waals surface area contributed by atoms with Crippen molar-refractivity contribution >= 4 is 22.7 Å². The zero-order chi connectivity index (χ0) is 10.1. The van der Waals surface area contributed by atoms with E-state index in [1.165, 1.54) is 10.4 Å². The SMILES string of the molecule is Cc1csc(C(N)c2ccsc2C)n1. The van der Waals surface area contributed by atoms with E-state index in [2.05, 4.69) is 23.4 Å². The molecule has 0 aliphatic carbocycles. The highest BCUT2D eigenvalue weighted by Crippen LogP contribution is 2.27. The molecule has 74 valence electrons. The van der Waals surface area contributed by atoms with Crippen molar-refractivity contribution in [2.45, 2.75) is 19.9 Å². The summed E-state index contributed by atoms with van der Waals surface area (Å²) >= 11 is 3.36. The van der Waals surface area contributed by atoms with Gasteiger partial charge in [0, 0.05) is 16.0 Å². The third kappa shape index (κ3) is 1.73. The van der Waals surface area contributed by atoms with Crippen LogP contribution < -0.4 is 5.73 Å². The van der Waals surface area contributed by atoms with E-state index in [9.17, 15) is 0 Å². The van der Waals surface area contributed by atoms with Crippen LogP contribution in [0.2, 0.25) is 0 Å². The molecule has 1 atom stereocenters. The highest BCUT2D eigenvalue weighted by molar-refractivity contribution is 7.10. The average Bonchev–Trinajstić information content (AvgIpc) is 2.73. The molecule has 2 aromatic heterocycles. The Labute approximate surface area is 91.4 Å². The van der Waals surface area contributed by atoms with Crippen LogP contribution in [0.5, 0.6) is 0 Å². The van der Waals surface area contributed by atoms with E-state index in [4.69, 9.17) is 5.73 Å². The van der Waals surface area contributed by atoms with Crippen LogP contribution in [0, 0.1) is 13.8 Å². The molecule has 0 radical (unpaired) electrons. The number of nitrogens with zero attached hydrogens (tertiary/aromatic N) is 1. The molecule has 0 fully saturated rings. The van der Waals surface area contributed by atoms with Gasteiger partial charge in [0.25, 0.3) is 0 Å². The summed E-state index contributed by atoms with van der Waals surface area (Å²) in [7, 11) is 0. The van der Waals surface area contributed by atoms with E-state index in [1.807, 2.05) is 12.3 Å². The van der Waals surface area contributed by atoms with Crippen LogP contribution >= 0.6 is 22.7 Å². The molecule has 14 heavy (non-hydrogen) atoms. The minimum atomic E-state index is -0.0556. The van der Waals surface area contributed by atoms with Crippen molar-refractivity contribution in [3.8, 4) is 0 Å². The van der Waals surface area contributed by atoms with Crippen molar-refractivity contribution in [1.29, 1.82) is 0 Å². The molecular weight excluding hydrogens is 212 g/mol. The molecule has 0 aromatic carbocycles. The van der Waals surface area contributed by atoms with Gasteiger partial charge in [-0.1, -0.05) is 0 Å². The number of nitrogens with two attached hydrogens (primary N) is 1. The standard InChI is InChI=1S/C10H12N2S2/c1-6-5-14-10(12-6)9(11)8-3-4-13-7(8)2/h3-5,9H,11H2,1-2H3. The summed E-state index contributed by atoms with van der Waals surface area (Å²) in [6.45, 7) is 4.09. The topological polar surface area (TPSA) is 38.9 Å². The molecular formula is C10H12N2S2. The lowest BCUT2D eigenvalue weighted by atomic mass is 10.1. The smallest absolute Gasteiger partial charge is 0.114 e. The van der Waals surface area contributed by atoms with Crippen molar-refractivity contribution in [2.24, 2.45) is 5.73 Å². The number of hydrogen-bond acceptors (Lipinski definition) is 4. The Bertz CT molecular complexity index is 431. The molecule has 4 heteroatoms. The molecule has 1 unspecified atom stereocenters. The number of aromatic nitrogens is 1. The molecule has 2 heterocycles. The normalized spacial score (nSPS) is 13.1. The summed E-state index contributed by atoms with van der Waals surface area (Å²) in [4.78, 5) is 5.69. The molecule has 2 N–H and O–H groups in total. The summed E-state index contributed by atoms with van der Waals surface area (Å²) in [5.74, 6) is 0. The van der Waals surface area contributed by atoms with E-state index in [0.717, 1.165) is 10.7 Å². The average molecular weight is 224 g/mol. The van der Waals surface area contributed by atoms with E-state index in [0.29, 0.717) is 0 Å². The maximum atomic E-state index is 6.13. The summed E-state index contributed by atoms with van der Waals surface area (Å²) in [5.41, 5.74) is 8.38. The largest absolute Gasteiger partial charge is 0.318 e. The van der Waals surface area contributed by atoms with Crippen LogP contribution in [0.3, 0.4) is 0 Å². The Morgan fingerprint density at radius 2 is 2.14 bits per heavy atom. The molecule has 0 spiro atoms. The van der Waals surface area contributed by atoms with E-state index in [-0.39, 0.29) is 6.04 Å². The second-order valence-corrected chi connectivity index (χ2v) is 5.25. The van der Waals surface area contributed by atoms with E-state index >= 15 is 0 Å². The Morgan fingerprint density at radius 3 is 2.64 bits per heavy atom. The van der Waals surface area contributed by atoms with Crippen molar-refractivity contribution in [2.75, 3.05) is 0 Å². The predicted octanol–water partition coefficient (Wildman–Crippen LogP) is 2.87. The zero-order valence-corrected chi connectivity index (χ0v) is 9.78. The third-order valence-corrected chi connectivity index (χ3v) is 4.04. The molecule has 2 aromatic rings. The van der Waals surface area contributed by atoms with Crippen LogP contribution in [-0.4, -0.2) is 4.98 Å². The summed E-state index contributed by atoms with van der Waals surface area (Å²) in [5, 5.41) is 5.12. The summed E-state index contributed by atoms with van der Waals surface area (Å²) < 4.78 is 0. The van der Waals surface area contributed by atoms with Gasteiger partial charge in [0.1, 0.15) is 5.01 Å². The van der Waals surface area contributed by atoms with E-state index < -0.39 is 0 Å². The van der Waals surface area contributed by atoms with Gasteiger partial charge in [0.2, 0.25) is 0 Å². The quantitative estimate of drug-likeness (QED) is 0.852. The van der Waals surface area contributed by atoms with Crippen LogP contribution in [-0.2, 0) is 0 Å². The maximum Gasteiger partial charge on any atom is 0.114 e. The monoisotopic (exact) mass is 224 g/mol. The van der Waals surface area contributed by atoms with Gasteiger partial charge in [0.15, 0.2) is 0 Å². The molecule has 2 rings (SSSR count). The fraction of sp³-hybridized carbons (Fsp3) is 0.300. The third-order valence-electron chi connectivity index (χ3n) is 2.14. The summed E-state index contributed by atoms with van der Waals surface area (Å²) in [6, 6.07) is 2.03. The number of aryl methyl sites for hydroxylation is 2. The Hall–Kier alpha value is -0.710. The van der Waals surface area contributed by atoms with Crippen molar-refractivity contribution < 1.29 is 0 Å². The second kappa shape index (κ2) is 3.81. The first-order valence-electron chi connectivity index (χ1n) is 4.40.